The molecule has 4 fully saturated rings. The Morgan fingerprint density at radius 3 is 2.58 bits per heavy atom. The largest absolute Gasteiger partial charge is 0.369 e. The fraction of sp³-hybridized carbons (Fsp3) is 0.650. The van der Waals surface area contributed by atoms with Crippen LogP contribution in [0.5, 0.6) is 0 Å². The predicted octanol–water partition coefficient (Wildman–Crippen LogP) is 0.820. The Kier molecular flexibility index (Phi) is 5.60. The van der Waals surface area contributed by atoms with E-state index in [1.54, 1.807) is 0 Å². The number of hydrogen-bond donors (Lipinski definition) is 2. The molecule has 2 bridgehead atoms. The Balaban J connectivity index is 1.32. The van der Waals surface area contributed by atoms with Crippen LogP contribution < -0.4 is 15.5 Å². The summed E-state index contributed by atoms with van der Waals surface area (Å²) in [5.74, 6) is 0.977. The highest BCUT2D eigenvalue weighted by Crippen LogP contribution is 2.20. The van der Waals surface area contributed by atoms with Crippen molar-refractivity contribution in [2.75, 3.05) is 63.8 Å². The maximum atomic E-state index is 4.92. The number of fused-ring (bicyclic) bond motifs is 3. The molecule has 5 rings (SSSR count). The molecule has 6 heteroatoms. The molecule has 4 aliphatic rings. The van der Waals surface area contributed by atoms with Gasteiger partial charge in [-0.3, -0.25) is 14.8 Å². The van der Waals surface area contributed by atoms with E-state index in [0.29, 0.717) is 12.1 Å². The molecule has 0 radical (unpaired) electrons. The van der Waals surface area contributed by atoms with Gasteiger partial charge in [-0.25, -0.2) is 0 Å². The average Bonchev–Trinajstić information content (AvgIpc) is 3.16. The van der Waals surface area contributed by atoms with Crippen molar-refractivity contribution in [2.45, 2.75) is 25.4 Å². The summed E-state index contributed by atoms with van der Waals surface area (Å²) in [7, 11) is 0. The van der Waals surface area contributed by atoms with Crippen LogP contribution in [0.4, 0.5) is 5.69 Å². The van der Waals surface area contributed by atoms with E-state index < -0.39 is 0 Å². The number of aliphatic imine (C=N–C) groups is 1. The molecule has 142 valence electrons. The molecule has 2 N–H and O–H groups in total. The third-order valence-corrected chi connectivity index (χ3v) is 5.85. The molecule has 2 unspecified atom stereocenters. The fourth-order valence-electron chi connectivity index (χ4n) is 4.36. The first-order valence-electron chi connectivity index (χ1n) is 10.1. The molecular weight excluding hydrogens is 324 g/mol. The van der Waals surface area contributed by atoms with Crippen molar-refractivity contribution < 1.29 is 0 Å². The lowest BCUT2D eigenvalue weighted by atomic mass is 10.1. The van der Waals surface area contributed by atoms with Crippen molar-refractivity contribution in [1.82, 2.24) is 20.4 Å². The third-order valence-electron chi connectivity index (χ3n) is 5.85. The van der Waals surface area contributed by atoms with Crippen LogP contribution in [0.15, 0.2) is 35.3 Å². The number of hydrogen-bond acceptors (Lipinski definition) is 4. The number of anilines is 1. The smallest absolute Gasteiger partial charge is 0.191 e. The Morgan fingerprint density at radius 2 is 1.88 bits per heavy atom. The van der Waals surface area contributed by atoms with Crippen molar-refractivity contribution in [2.24, 2.45) is 4.99 Å². The number of guanidine groups is 1. The first-order valence-corrected chi connectivity index (χ1v) is 10.1. The molecule has 0 saturated carbocycles. The highest BCUT2D eigenvalue weighted by Gasteiger charge is 2.31. The lowest BCUT2D eigenvalue weighted by molar-refractivity contribution is 0.0174. The van der Waals surface area contributed by atoms with E-state index in [-0.39, 0.29) is 0 Å². The predicted molar refractivity (Wildman–Crippen MR) is 108 cm³/mol. The van der Waals surface area contributed by atoms with Gasteiger partial charge in [0.2, 0.25) is 0 Å². The summed E-state index contributed by atoms with van der Waals surface area (Å²) in [4.78, 5) is 12.6. The summed E-state index contributed by atoms with van der Waals surface area (Å²) < 4.78 is 0. The molecule has 4 aliphatic heterocycles. The fourth-order valence-corrected chi connectivity index (χ4v) is 4.36. The summed E-state index contributed by atoms with van der Waals surface area (Å²) in [6, 6.07) is 11.7. The van der Waals surface area contributed by atoms with Gasteiger partial charge in [-0.2, -0.15) is 0 Å². The van der Waals surface area contributed by atoms with Crippen molar-refractivity contribution in [3.63, 3.8) is 0 Å². The normalized spacial score (nSPS) is 31.3. The second-order valence-corrected chi connectivity index (χ2v) is 7.62. The van der Waals surface area contributed by atoms with E-state index >= 15 is 0 Å². The monoisotopic (exact) mass is 356 g/mol. The molecule has 4 saturated heterocycles. The lowest BCUT2D eigenvalue weighted by Gasteiger charge is -2.47. The maximum Gasteiger partial charge on any atom is 0.191 e. The topological polar surface area (TPSA) is 46.1 Å². The third kappa shape index (κ3) is 4.13. The van der Waals surface area contributed by atoms with Crippen molar-refractivity contribution >= 4 is 11.6 Å². The first-order chi connectivity index (χ1) is 12.8. The van der Waals surface area contributed by atoms with E-state index in [9.17, 15) is 0 Å². The van der Waals surface area contributed by atoms with Crippen molar-refractivity contribution in [1.29, 1.82) is 0 Å². The molecule has 2 atom stereocenters. The van der Waals surface area contributed by atoms with Crippen LogP contribution in [-0.2, 0) is 0 Å². The minimum absolute atomic E-state index is 0.458. The second-order valence-electron chi connectivity index (χ2n) is 7.62. The summed E-state index contributed by atoms with van der Waals surface area (Å²) in [6.07, 6.45) is 1.16. The minimum atomic E-state index is 0.458. The molecule has 0 spiro atoms. The van der Waals surface area contributed by atoms with Gasteiger partial charge < -0.3 is 15.5 Å². The SMILES string of the molecule is CCNC(=NCC1CN2CCN1CC2)NC1CCN(c2ccccc2)C1. The zero-order chi connectivity index (χ0) is 17.8. The molecule has 4 heterocycles. The number of piperazine rings is 3. The van der Waals surface area contributed by atoms with Gasteiger partial charge in [0.05, 0.1) is 6.54 Å². The lowest BCUT2D eigenvalue weighted by Crippen LogP contribution is -2.62. The summed E-state index contributed by atoms with van der Waals surface area (Å²) in [6.45, 7) is 12.1. The van der Waals surface area contributed by atoms with E-state index in [1.807, 2.05) is 0 Å². The van der Waals surface area contributed by atoms with Crippen LogP contribution in [0.1, 0.15) is 13.3 Å². The highest BCUT2D eigenvalue weighted by atomic mass is 15.4. The van der Waals surface area contributed by atoms with E-state index in [4.69, 9.17) is 4.99 Å². The summed E-state index contributed by atoms with van der Waals surface area (Å²) in [5, 5.41) is 7.10. The van der Waals surface area contributed by atoms with Gasteiger partial charge in [0, 0.05) is 70.1 Å². The molecule has 1 aromatic carbocycles. The molecule has 6 nitrogen and oxygen atoms in total. The van der Waals surface area contributed by atoms with E-state index in [1.165, 1.54) is 38.4 Å². The van der Waals surface area contributed by atoms with Gasteiger partial charge in [0.25, 0.3) is 0 Å². The van der Waals surface area contributed by atoms with E-state index in [0.717, 1.165) is 38.6 Å². The van der Waals surface area contributed by atoms with Gasteiger partial charge >= 0.3 is 0 Å². The van der Waals surface area contributed by atoms with Crippen LogP contribution in [0.25, 0.3) is 0 Å². The van der Waals surface area contributed by atoms with Crippen LogP contribution in [0, 0.1) is 0 Å². The molecule has 0 aliphatic carbocycles. The number of nitrogens with zero attached hydrogens (tertiary/aromatic N) is 4. The summed E-state index contributed by atoms with van der Waals surface area (Å²) >= 11 is 0. The van der Waals surface area contributed by atoms with Crippen LogP contribution in [0.2, 0.25) is 0 Å². The quantitative estimate of drug-likeness (QED) is 0.604. The van der Waals surface area contributed by atoms with Crippen LogP contribution >= 0.6 is 0 Å². The zero-order valence-corrected chi connectivity index (χ0v) is 15.9. The van der Waals surface area contributed by atoms with Gasteiger partial charge in [0.1, 0.15) is 0 Å². The highest BCUT2D eigenvalue weighted by molar-refractivity contribution is 5.80. The number of nitrogens with one attached hydrogen (secondary N) is 2. The van der Waals surface area contributed by atoms with Gasteiger partial charge in [-0.05, 0) is 25.5 Å². The molecular formula is C20H32N6. The van der Waals surface area contributed by atoms with Gasteiger partial charge in [-0.1, -0.05) is 18.2 Å². The molecule has 26 heavy (non-hydrogen) atoms. The van der Waals surface area contributed by atoms with Gasteiger partial charge in [0.15, 0.2) is 5.96 Å². The van der Waals surface area contributed by atoms with Crippen molar-refractivity contribution in [3.8, 4) is 0 Å². The molecule has 0 aromatic heterocycles. The second kappa shape index (κ2) is 8.27. The summed E-state index contributed by atoms with van der Waals surface area (Å²) in [5.41, 5.74) is 1.32. The Morgan fingerprint density at radius 1 is 1.08 bits per heavy atom. The Bertz CT molecular complexity index is 596. The Hall–Kier alpha value is -1.79. The average molecular weight is 357 g/mol. The number of rotatable bonds is 5. The minimum Gasteiger partial charge on any atom is -0.369 e. The molecule has 1 aromatic rings. The van der Waals surface area contributed by atoms with Gasteiger partial charge in [-0.15, -0.1) is 0 Å². The Labute approximate surface area is 157 Å². The van der Waals surface area contributed by atoms with Crippen LogP contribution in [0.3, 0.4) is 0 Å². The molecule has 0 amide bonds. The maximum absolute atomic E-state index is 4.92. The van der Waals surface area contributed by atoms with Crippen molar-refractivity contribution in [3.05, 3.63) is 30.3 Å². The standard InChI is InChI=1S/C20H32N6/c1-2-21-20(22-14-19-16-24-10-12-25(19)13-11-24)23-17-8-9-26(15-17)18-6-4-3-5-7-18/h3-7,17,19H,2,8-16H2,1H3,(H2,21,22,23). The number of benzene rings is 1. The van der Waals surface area contributed by atoms with E-state index in [2.05, 4.69) is 62.6 Å². The van der Waals surface area contributed by atoms with Crippen LogP contribution in [-0.4, -0.2) is 86.7 Å². The number of para-hydroxylation sites is 1. The zero-order valence-electron chi connectivity index (χ0n) is 15.9. The first kappa shape index (κ1) is 17.6.